The van der Waals surface area contributed by atoms with E-state index in [1.54, 1.807) is 0 Å². The molecule has 1 saturated carbocycles. The van der Waals surface area contributed by atoms with Crippen LogP contribution < -0.4 is 11.1 Å². The van der Waals surface area contributed by atoms with Gasteiger partial charge in [-0.3, -0.25) is 9.59 Å². The minimum atomic E-state index is -0.358. The lowest BCUT2D eigenvalue weighted by molar-refractivity contribution is -0.118. The molecule has 0 atom stereocenters. The van der Waals surface area contributed by atoms with Gasteiger partial charge >= 0.3 is 0 Å². The van der Waals surface area contributed by atoms with Gasteiger partial charge in [0, 0.05) is 28.1 Å². The molecule has 1 aliphatic carbocycles. The number of carbonyl (C=O) groups is 2. The maximum Gasteiger partial charge on any atom is 0.234 e. The number of aryl methyl sites for hydroxylation is 1. The number of anilines is 1. The maximum absolute atomic E-state index is 12.3. The van der Waals surface area contributed by atoms with Crippen molar-refractivity contribution >= 4 is 51.9 Å². The van der Waals surface area contributed by atoms with E-state index >= 15 is 0 Å². The Hall–Kier alpha value is -1.62. The van der Waals surface area contributed by atoms with Gasteiger partial charge in [-0.1, -0.05) is 11.8 Å². The van der Waals surface area contributed by atoms with Crippen LogP contribution >= 0.6 is 34.4 Å². The standard InChI is InChI=1S/C17H20IN5O2S/c1-10-8-12(18)4-5-13(10)20-15(25)9-26-17-22-21-16(11-2-3-11)23(17)7-6-14(19)24/h4-5,8,11H,2-3,6-7,9H2,1H3,(H2,19,24)(H,20,25). The zero-order valence-electron chi connectivity index (χ0n) is 14.4. The first kappa shape index (κ1) is 19.2. The van der Waals surface area contributed by atoms with Crippen LogP contribution in [0.3, 0.4) is 0 Å². The van der Waals surface area contributed by atoms with E-state index in [2.05, 4.69) is 38.1 Å². The summed E-state index contributed by atoms with van der Waals surface area (Å²) in [6.07, 6.45) is 2.41. The predicted molar refractivity (Wildman–Crippen MR) is 109 cm³/mol. The molecule has 1 fully saturated rings. The summed E-state index contributed by atoms with van der Waals surface area (Å²) < 4.78 is 3.05. The van der Waals surface area contributed by atoms with Crippen LogP contribution in [0.25, 0.3) is 0 Å². The Morgan fingerprint density at radius 3 is 2.81 bits per heavy atom. The van der Waals surface area contributed by atoms with E-state index in [4.69, 9.17) is 5.73 Å². The molecular weight excluding hydrogens is 465 g/mol. The number of hydrogen-bond acceptors (Lipinski definition) is 5. The summed E-state index contributed by atoms with van der Waals surface area (Å²) in [6, 6.07) is 5.88. The van der Waals surface area contributed by atoms with Gasteiger partial charge in [-0.25, -0.2) is 0 Å². The average molecular weight is 485 g/mol. The van der Waals surface area contributed by atoms with Crippen LogP contribution in [-0.4, -0.2) is 32.3 Å². The minimum Gasteiger partial charge on any atom is -0.370 e. The van der Waals surface area contributed by atoms with Crippen LogP contribution in [0.1, 0.15) is 36.6 Å². The molecule has 0 aliphatic heterocycles. The van der Waals surface area contributed by atoms with E-state index in [0.29, 0.717) is 17.6 Å². The second kappa shape index (κ2) is 8.38. The molecule has 0 bridgehead atoms. The number of carbonyl (C=O) groups excluding carboxylic acids is 2. The van der Waals surface area contributed by atoms with Gasteiger partial charge in [-0.05, 0) is 66.1 Å². The van der Waals surface area contributed by atoms with E-state index in [1.807, 2.05) is 29.7 Å². The lowest BCUT2D eigenvalue weighted by Gasteiger charge is -2.10. The second-order valence-corrected chi connectivity index (χ2v) is 8.47. The Balaban J connectivity index is 1.63. The zero-order chi connectivity index (χ0) is 18.7. The van der Waals surface area contributed by atoms with Gasteiger partial charge in [0.15, 0.2) is 5.16 Å². The number of hydrogen-bond donors (Lipinski definition) is 2. The van der Waals surface area contributed by atoms with E-state index < -0.39 is 0 Å². The van der Waals surface area contributed by atoms with Gasteiger partial charge in [-0.2, -0.15) is 0 Å². The fourth-order valence-corrected chi connectivity index (χ4v) is 3.98. The molecule has 1 aromatic heterocycles. The molecule has 0 radical (unpaired) electrons. The first-order chi connectivity index (χ1) is 12.4. The highest BCUT2D eigenvalue weighted by Crippen LogP contribution is 2.40. The van der Waals surface area contributed by atoms with Crippen LogP contribution in [0.4, 0.5) is 5.69 Å². The van der Waals surface area contributed by atoms with Gasteiger partial charge in [0.1, 0.15) is 5.82 Å². The maximum atomic E-state index is 12.3. The third-order valence-corrected chi connectivity index (χ3v) is 5.70. The number of nitrogens with zero attached hydrogens (tertiary/aromatic N) is 3. The number of primary amides is 1. The zero-order valence-corrected chi connectivity index (χ0v) is 17.3. The van der Waals surface area contributed by atoms with E-state index in [9.17, 15) is 9.59 Å². The molecular formula is C17H20IN5O2S. The van der Waals surface area contributed by atoms with Gasteiger partial charge in [0.25, 0.3) is 0 Å². The van der Waals surface area contributed by atoms with Crippen LogP contribution in [0.2, 0.25) is 0 Å². The summed E-state index contributed by atoms with van der Waals surface area (Å²) in [5, 5.41) is 12.0. The quantitative estimate of drug-likeness (QED) is 0.442. The van der Waals surface area contributed by atoms with Gasteiger partial charge in [0.05, 0.1) is 5.75 Å². The van der Waals surface area contributed by atoms with Crippen molar-refractivity contribution in [3.05, 3.63) is 33.2 Å². The highest BCUT2D eigenvalue weighted by molar-refractivity contribution is 14.1. The van der Waals surface area contributed by atoms with Crippen molar-refractivity contribution < 1.29 is 9.59 Å². The SMILES string of the molecule is Cc1cc(I)ccc1NC(=O)CSc1nnc(C2CC2)n1CCC(N)=O. The number of nitrogens with one attached hydrogen (secondary N) is 1. The van der Waals surface area contributed by atoms with Gasteiger partial charge < -0.3 is 15.6 Å². The predicted octanol–water partition coefficient (Wildman–Crippen LogP) is 2.67. The molecule has 9 heteroatoms. The number of aromatic nitrogens is 3. The summed E-state index contributed by atoms with van der Waals surface area (Å²) in [6.45, 7) is 2.42. The molecule has 2 aromatic rings. The van der Waals surface area contributed by atoms with Gasteiger partial charge in [-0.15, -0.1) is 10.2 Å². The van der Waals surface area contributed by atoms with Crippen LogP contribution in [0.15, 0.2) is 23.4 Å². The Morgan fingerprint density at radius 2 is 2.15 bits per heavy atom. The molecule has 0 unspecified atom stereocenters. The smallest absolute Gasteiger partial charge is 0.234 e. The average Bonchev–Trinajstić information content (AvgIpc) is 3.34. The minimum absolute atomic E-state index is 0.100. The topological polar surface area (TPSA) is 103 Å². The summed E-state index contributed by atoms with van der Waals surface area (Å²) >= 11 is 3.57. The fourth-order valence-electron chi connectivity index (χ4n) is 2.57. The molecule has 0 saturated heterocycles. The first-order valence-corrected chi connectivity index (χ1v) is 10.4. The van der Waals surface area contributed by atoms with Crippen molar-refractivity contribution in [3.63, 3.8) is 0 Å². The molecule has 1 aliphatic rings. The summed E-state index contributed by atoms with van der Waals surface area (Å²) in [5.41, 5.74) is 7.10. The third-order valence-electron chi connectivity index (χ3n) is 4.06. The van der Waals surface area contributed by atoms with E-state index in [-0.39, 0.29) is 24.0 Å². The Morgan fingerprint density at radius 1 is 1.38 bits per heavy atom. The second-order valence-electron chi connectivity index (χ2n) is 6.28. The number of benzene rings is 1. The number of amides is 2. The van der Waals surface area contributed by atoms with Crippen molar-refractivity contribution in [2.45, 2.75) is 43.8 Å². The summed E-state index contributed by atoms with van der Waals surface area (Å²) in [7, 11) is 0. The monoisotopic (exact) mass is 485 g/mol. The Kier molecular flexibility index (Phi) is 6.17. The lowest BCUT2D eigenvalue weighted by Crippen LogP contribution is -2.17. The van der Waals surface area contributed by atoms with Gasteiger partial charge in [0.2, 0.25) is 11.8 Å². The molecule has 3 rings (SSSR count). The molecule has 26 heavy (non-hydrogen) atoms. The summed E-state index contributed by atoms with van der Waals surface area (Å²) in [4.78, 5) is 23.4. The normalized spacial score (nSPS) is 13.6. The molecule has 2 amide bonds. The third kappa shape index (κ3) is 4.97. The van der Waals surface area contributed by atoms with Crippen molar-refractivity contribution in [1.82, 2.24) is 14.8 Å². The van der Waals surface area contributed by atoms with Crippen LogP contribution in [0.5, 0.6) is 0 Å². The van der Waals surface area contributed by atoms with Crippen molar-refractivity contribution in [1.29, 1.82) is 0 Å². The number of nitrogens with two attached hydrogens (primary N) is 1. The number of halogens is 1. The highest BCUT2D eigenvalue weighted by atomic mass is 127. The first-order valence-electron chi connectivity index (χ1n) is 8.34. The molecule has 0 spiro atoms. The Labute approximate surface area is 169 Å². The number of rotatable bonds is 8. The van der Waals surface area contributed by atoms with Crippen molar-refractivity contribution in [2.75, 3.05) is 11.1 Å². The molecule has 138 valence electrons. The Bertz CT molecular complexity index is 835. The lowest BCUT2D eigenvalue weighted by atomic mass is 10.2. The molecule has 7 nitrogen and oxygen atoms in total. The largest absolute Gasteiger partial charge is 0.370 e. The van der Waals surface area contributed by atoms with Crippen LogP contribution in [0, 0.1) is 10.5 Å². The highest BCUT2D eigenvalue weighted by Gasteiger charge is 2.30. The van der Waals surface area contributed by atoms with Crippen LogP contribution in [-0.2, 0) is 16.1 Å². The van der Waals surface area contributed by atoms with Crippen molar-refractivity contribution in [3.8, 4) is 0 Å². The molecule has 3 N–H and O–H groups in total. The fraction of sp³-hybridized carbons (Fsp3) is 0.412. The van der Waals surface area contributed by atoms with Crippen molar-refractivity contribution in [2.24, 2.45) is 5.73 Å². The van der Waals surface area contributed by atoms with E-state index in [0.717, 1.165) is 33.5 Å². The van der Waals surface area contributed by atoms with E-state index in [1.165, 1.54) is 11.8 Å². The molecule has 1 heterocycles. The molecule has 1 aromatic carbocycles. The number of thioether (sulfide) groups is 1. The summed E-state index contributed by atoms with van der Waals surface area (Å²) in [5.74, 6) is 1.07.